The van der Waals surface area contributed by atoms with Gasteiger partial charge in [0.15, 0.2) is 0 Å². The second kappa shape index (κ2) is 12.0. The van der Waals surface area contributed by atoms with Gasteiger partial charge >= 0.3 is 0 Å². The Balaban J connectivity index is 1.21. The van der Waals surface area contributed by atoms with Gasteiger partial charge in [-0.05, 0) is 73.8 Å². The lowest BCUT2D eigenvalue weighted by Crippen LogP contribution is -2.17. The number of nitrogens with zero attached hydrogens (tertiary/aromatic N) is 1. The van der Waals surface area contributed by atoms with Gasteiger partial charge in [-0.3, -0.25) is 0 Å². The van der Waals surface area contributed by atoms with Crippen LogP contribution in [0.15, 0.2) is 188 Å². The molecule has 2 aliphatic carbocycles. The summed E-state index contributed by atoms with van der Waals surface area (Å²) in [7, 11) is 0. The third-order valence-corrected chi connectivity index (χ3v) is 9.87. The monoisotopic (exact) mass is 611 g/mol. The molecular weight excluding hydrogens is 579 g/mol. The molecule has 0 N–H and O–H groups in total. The molecule has 0 bridgehead atoms. The summed E-state index contributed by atoms with van der Waals surface area (Å²) < 4.78 is 0. The molecule has 1 nitrogen and oxygen atoms in total. The van der Waals surface area contributed by atoms with Crippen LogP contribution in [0.3, 0.4) is 0 Å². The largest absolute Gasteiger partial charge is 0.248 e. The van der Waals surface area contributed by atoms with Crippen LogP contribution in [0.4, 0.5) is 0 Å². The summed E-state index contributed by atoms with van der Waals surface area (Å²) in [5.41, 5.74) is 17.0. The average Bonchev–Trinajstić information content (AvgIpc) is 3.18. The maximum Gasteiger partial charge on any atom is 0.0715 e. The minimum Gasteiger partial charge on any atom is -0.248 e. The van der Waals surface area contributed by atoms with E-state index in [-0.39, 0.29) is 5.92 Å². The minimum atomic E-state index is 0.248. The first-order chi connectivity index (χ1) is 23.8. The quantitative estimate of drug-likeness (QED) is 0.189. The molecule has 1 heterocycles. The van der Waals surface area contributed by atoms with E-state index in [1.165, 1.54) is 50.1 Å². The van der Waals surface area contributed by atoms with Gasteiger partial charge in [-0.15, -0.1) is 0 Å². The van der Waals surface area contributed by atoms with Crippen LogP contribution in [-0.2, 0) is 0 Å². The van der Waals surface area contributed by atoms with Crippen LogP contribution in [0.1, 0.15) is 28.5 Å². The molecule has 1 aromatic heterocycles. The molecule has 0 amide bonds. The predicted octanol–water partition coefficient (Wildman–Crippen LogP) is 12.3. The van der Waals surface area contributed by atoms with E-state index in [4.69, 9.17) is 4.98 Å². The van der Waals surface area contributed by atoms with Crippen molar-refractivity contribution >= 4 is 5.57 Å². The lowest BCUT2D eigenvalue weighted by Gasteiger charge is -2.35. The van der Waals surface area contributed by atoms with Crippen molar-refractivity contribution in [1.82, 2.24) is 4.98 Å². The second-order valence-electron chi connectivity index (χ2n) is 12.7. The first kappa shape index (κ1) is 28.2. The standard InChI is InChI=1S/C47H33N/c1-4-14-32(15-5-1)35-24-26-42-40-22-12-13-23-41(40)43-27-25-36(29-45(43)44(42)28-35)38-20-10-11-21-39(38)37-30-46(33-16-6-2-7-17-33)48-47(31-37)34-18-8-3-9-19-34/h1-31,42,44H. The zero-order valence-corrected chi connectivity index (χ0v) is 26.5. The highest BCUT2D eigenvalue weighted by atomic mass is 14.7. The number of hydrogen-bond donors (Lipinski definition) is 0. The number of aromatic nitrogens is 1. The van der Waals surface area contributed by atoms with E-state index in [0.717, 1.165) is 28.1 Å². The SMILES string of the molecule is C1=CC2c3ccccc3-c3ccc(-c4ccccc4-c4cc(-c5ccccc5)nc(-c5ccccc5)c4)cc3C2C=C1c1ccccc1. The molecule has 2 aliphatic rings. The predicted molar refractivity (Wildman–Crippen MR) is 200 cm³/mol. The Morgan fingerprint density at radius 2 is 0.875 bits per heavy atom. The summed E-state index contributed by atoms with van der Waals surface area (Å²) in [5, 5.41) is 0. The van der Waals surface area contributed by atoms with Crippen molar-refractivity contribution in [2.24, 2.45) is 0 Å². The topological polar surface area (TPSA) is 12.9 Å². The number of pyridine rings is 1. The normalized spacial score (nSPS) is 16.0. The third-order valence-electron chi connectivity index (χ3n) is 9.87. The zero-order valence-electron chi connectivity index (χ0n) is 26.5. The molecule has 7 aromatic rings. The zero-order chi connectivity index (χ0) is 31.9. The molecule has 0 spiro atoms. The molecule has 2 unspecified atom stereocenters. The fourth-order valence-corrected chi connectivity index (χ4v) is 7.55. The fourth-order valence-electron chi connectivity index (χ4n) is 7.55. The summed E-state index contributed by atoms with van der Waals surface area (Å²) in [6.07, 6.45) is 7.23. The minimum absolute atomic E-state index is 0.248. The Morgan fingerprint density at radius 1 is 0.354 bits per heavy atom. The van der Waals surface area contributed by atoms with Crippen molar-refractivity contribution in [2.45, 2.75) is 11.8 Å². The molecule has 0 saturated heterocycles. The van der Waals surface area contributed by atoms with Crippen LogP contribution in [-0.4, -0.2) is 4.98 Å². The highest BCUT2D eigenvalue weighted by Crippen LogP contribution is 2.52. The number of fused-ring (bicyclic) bond motifs is 6. The van der Waals surface area contributed by atoms with Gasteiger partial charge in [-0.1, -0.05) is 170 Å². The summed E-state index contributed by atoms with van der Waals surface area (Å²) in [5.74, 6) is 0.547. The van der Waals surface area contributed by atoms with E-state index < -0.39 is 0 Å². The highest BCUT2D eigenvalue weighted by Gasteiger charge is 2.33. The van der Waals surface area contributed by atoms with Crippen LogP contribution in [0.2, 0.25) is 0 Å². The van der Waals surface area contributed by atoms with Gasteiger partial charge in [0.2, 0.25) is 0 Å². The lowest BCUT2D eigenvalue weighted by atomic mass is 9.68. The summed E-state index contributed by atoms with van der Waals surface area (Å²) in [6.45, 7) is 0. The van der Waals surface area contributed by atoms with Crippen molar-refractivity contribution in [1.29, 1.82) is 0 Å². The maximum absolute atomic E-state index is 5.15. The van der Waals surface area contributed by atoms with Gasteiger partial charge in [0.25, 0.3) is 0 Å². The van der Waals surface area contributed by atoms with Crippen LogP contribution >= 0.6 is 0 Å². The van der Waals surface area contributed by atoms with Crippen LogP contribution in [0.5, 0.6) is 0 Å². The average molecular weight is 612 g/mol. The van der Waals surface area contributed by atoms with Crippen molar-refractivity contribution in [2.75, 3.05) is 0 Å². The molecule has 9 rings (SSSR count). The molecule has 1 heteroatoms. The van der Waals surface area contributed by atoms with Crippen LogP contribution in [0.25, 0.3) is 61.5 Å². The Kier molecular flexibility index (Phi) is 7.02. The number of benzene rings is 6. The van der Waals surface area contributed by atoms with Crippen molar-refractivity contribution < 1.29 is 0 Å². The smallest absolute Gasteiger partial charge is 0.0715 e. The van der Waals surface area contributed by atoms with Gasteiger partial charge in [0, 0.05) is 23.0 Å². The van der Waals surface area contributed by atoms with Gasteiger partial charge in [-0.25, -0.2) is 4.98 Å². The molecule has 48 heavy (non-hydrogen) atoms. The van der Waals surface area contributed by atoms with Crippen LogP contribution < -0.4 is 0 Å². The van der Waals surface area contributed by atoms with Gasteiger partial charge in [0.1, 0.15) is 0 Å². The Labute approximate surface area is 282 Å². The lowest BCUT2D eigenvalue weighted by molar-refractivity contribution is 0.723. The second-order valence-corrected chi connectivity index (χ2v) is 12.7. The van der Waals surface area contributed by atoms with E-state index in [1.807, 2.05) is 0 Å². The number of allylic oxidation sites excluding steroid dienone is 4. The first-order valence-corrected chi connectivity index (χ1v) is 16.7. The summed E-state index contributed by atoms with van der Waals surface area (Å²) >= 11 is 0. The molecule has 0 radical (unpaired) electrons. The van der Waals surface area contributed by atoms with E-state index in [0.29, 0.717) is 5.92 Å². The van der Waals surface area contributed by atoms with Gasteiger partial charge in [0.05, 0.1) is 11.4 Å². The van der Waals surface area contributed by atoms with Crippen molar-refractivity contribution in [3.63, 3.8) is 0 Å². The fraction of sp³-hybridized carbons (Fsp3) is 0.0426. The Hall–Kier alpha value is -6.05. The molecule has 2 atom stereocenters. The molecule has 6 aromatic carbocycles. The molecule has 0 saturated carbocycles. The summed E-state index contributed by atoms with van der Waals surface area (Å²) in [6, 6.07) is 61.1. The Morgan fingerprint density at radius 3 is 1.52 bits per heavy atom. The first-order valence-electron chi connectivity index (χ1n) is 16.7. The van der Waals surface area contributed by atoms with E-state index >= 15 is 0 Å². The van der Waals surface area contributed by atoms with Gasteiger partial charge in [-0.2, -0.15) is 0 Å². The van der Waals surface area contributed by atoms with E-state index in [9.17, 15) is 0 Å². The molecular formula is C47H33N. The van der Waals surface area contributed by atoms with E-state index in [1.54, 1.807) is 0 Å². The highest BCUT2D eigenvalue weighted by molar-refractivity contribution is 5.89. The Bertz CT molecular complexity index is 2270. The van der Waals surface area contributed by atoms with Gasteiger partial charge < -0.3 is 0 Å². The number of hydrogen-bond acceptors (Lipinski definition) is 1. The van der Waals surface area contributed by atoms with Crippen molar-refractivity contribution in [3.05, 3.63) is 205 Å². The summed E-state index contributed by atoms with van der Waals surface area (Å²) in [4.78, 5) is 5.15. The van der Waals surface area contributed by atoms with Crippen molar-refractivity contribution in [3.8, 4) is 55.9 Å². The molecule has 0 fully saturated rings. The van der Waals surface area contributed by atoms with Crippen LogP contribution in [0, 0.1) is 0 Å². The molecule has 0 aliphatic heterocycles. The number of rotatable bonds is 5. The third kappa shape index (κ3) is 5.01. The molecule has 226 valence electrons. The maximum atomic E-state index is 5.15. The van der Waals surface area contributed by atoms with E-state index in [2.05, 4.69) is 188 Å².